The fraction of sp³-hybridized carbons (Fsp3) is 0.353. The van der Waals surface area contributed by atoms with E-state index in [0.29, 0.717) is 13.2 Å². The first-order chi connectivity index (χ1) is 10.7. The number of hydrogen-bond acceptors (Lipinski definition) is 5. The summed E-state index contributed by atoms with van der Waals surface area (Å²) < 4.78 is 8.84. The second-order valence-corrected chi connectivity index (χ2v) is 1.56. The van der Waals surface area contributed by atoms with Gasteiger partial charge in [-0.05, 0) is 13.8 Å². The van der Waals surface area contributed by atoms with E-state index in [4.69, 9.17) is 10.2 Å². The van der Waals surface area contributed by atoms with Gasteiger partial charge in [0, 0.05) is 0 Å². The third kappa shape index (κ3) is 213. The van der Waals surface area contributed by atoms with E-state index < -0.39 is 6.16 Å². The molecule has 0 rings (SSSR count). The van der Waals surface area contributed by atoms with Crippen LogP contribution in [0.1, 0.15) is 13.8 Å². The Kier molecular flexibility index (Phi) is 247. The summed E-state index contributed by atoms with van der Waals surface area (Å²) in [6.45, 7) is 34.0. The van der Waals surface area contributed by atoms with Gasteiger partial charge in [0.1, 0.15) is 0 Å². The van der Waals surface area contributed by atoms with Gasteiger partial charge < -0.3 is 19.7 Å². The average Bonchev–Trinajstić information content (AvgIpc) is 2.64. The van der Waals surface area contributed by atoms with Gasteiger partial charge in [0.2, 0.25) is 0 Å². The lowest BCUT2D eigenvalue weighted by atomic mass is 10.8. The molecule has 5 nitrogen and oxygen atoms in total. The quantitative estimate of drug-likeness (QED) is 0.603. The Bertz CT molecular complexity index is 130. The van der Waals surface area contributed by atoms with Crippen molar-refractivity contribution in [2.75, 3.05) is 26.4 Å². The van der Waals surface area contributed by atoms with Gasteiger partial charge >= 0.3 is 6.16 Å². The predicted molar refractivity (Wildman–Crippen MR) is 99.1 cm³/mol. The van der Waals surface area contributed by atoms with Crippen molar-refractivity contribution in [1.82, 2.24) is 0 Å². The number of hydrogen-bond donors (Lipinski definition) is 2. The molecule has 0 bridgehead atoms. The van der Waals surface area contributed by atoms with E-state index in [2.05, 4.69) is 75.3 Å². The molecule has 22 heavy (non-hydrogen) atoms. The van der Waals surface area contributed by atoms with Crippen molar-refractivity contribution in [2.45, 2.75) is 13.8 Å². The normalized spacial score (nSPS) is 5.27. The zero-order chi connectivity index (χ0) is 19.8. The number of carbonyl (C=O) groups excluding carboxylic acids is 1. The summed E-state index contributed by atoms with van der Waals surface area (Å²) in [4.78, 5) is 10.2. The maximum atomic E-state index is 10.2. The van der Waals surface area contributed by atoms with Crippen LogP contribution in [0.15, 0.2) is 65.8 Å². The van der Waals surface area contributed by atoms with Gasteiger partial charge in [-0.1, -0.05) is 0 Å². The molecule has 0 aliphatic heterocycles. The van der Waals surface area contributed by atoms with Crippen LogP contribution in [0, 0.1) is 0 Å². The molecule has 0 radical (unpaired) electrons. The first-order valence-corrected chi connectivity index (χ1v) is 6.24. The van der Waals surface area contributed by atoms with Gasteiger partial charge in [0.25, 0.3) is 0 Å². The number of aliphatic hydroxyl groups is 2. The van der Waals surface area contributed by atoms with Crippen molar-refractivity contribution in [3.63, 3.8) is 0 Å². The van der Waals surface area contributed by atoms with Crippen molar-refractivity contribution >= 4 is 6.16 Å². The summed E-state index contributed by atoms with van der Waals surface area (Å²) in [6.07, 6.45) is -0.588. The Morgan fingerprint density at radius 2 is 0.864 bits per heavy atom. The van der Waals surface area contributed by atoms with Crippen LogP contribution >= 0.6 is 0 Å². The fourth-order valence-corrected chi connectivity index (χ4v) is 0.277. The Hall–Kier alpha value is -2.11. The molecule has 0 aromatic rings. The molecule has 0 saturated heterocycles. The highest BCUT2D eigenvalue weighted by molar-refractivity contribution is 5.59. The molecule has 2 N–H and O–H groups in total. The maximum absolute atomic E-state index is 10.2. The van der Waals surface area contributed by atoms with E-state index in [9.17, 15) is 4.79 Å². The summed E-state index contributed by atoms with van der Waals surface area (Å²) in [5, 5.41) is 15.2. The molecular weight excluding hydrogens is 284 g/mol. The van der Waals surface area contributed by atoms with Crippen molar-refractivity contribution in [1.29, 1.82) is 0 Å². The first-order valence-electron chi connectivity index (χ1n) is 6.24. The van der Waals surface area contributed by atoms with E-state index in [1.807, 2.05) is 0 Å². The summed E-state index contributed by atoms with van der Waals surface area (Å²) in [7, 11) is 0. The molecule has 0 atom stereocenters. The lowest BCUT2D eigenvalue weighted by Crippen LogP contribution is -2.05. The van der Waals surface area contributed by atoms with E-state index in [-0.39, 0.29) is 13.2 Å². The van der Waals surface area contributed by atoms with Crippen molar-refractivity contribution in [3.05, 3.63) is 65.8 Å². The van der Waals surface area contributed by atoms with Gasteiger partial charge in [-0.15, -0.1) is 65.8 Å². The Labute approximate surface area is 137 Å². The highest BCUT2D eigenvalue weighted by atomic mass is 16.7. The Morgan fingerprint density at radius 3 is 0.955 bits per heavy atom. The van der Waals surface area contributed by atoms with Gasteiger partial charge in [0.15, 0.2) is 0 Å². The number of ether oxygens (including phenoxy) is 2. The van der Waals surface area contributed by atoms with E-state index in [1.54, 1.807) is 13.8 Å². The summed E-state index contributed by atoms with van der Waals surface area (Å²) >= 11 is 0. The SMILES string of the molecule is C=C.C=C.C=C.C=C.C=C.CCOC(=O)OCC.OCCO. The van der Waals surface area contributed by atoms with Crippen LogP contribution in [0.25, 0.3) is 0 Å². The number of carbonyl (C=O) groups is 1. The standard InChI is InChI=1S/C5H10O3.C2H6O2.5C2H4/c1-3-7-5(6)8-4-2;3-1-2-4;5*1-2/h3-4H2,1-2H3;3-4H,1-2H2;5*1-2H2. The highest BCUT2D eigenvalue weighted by Gasteiger charge is 1.96. The molecule has 0 fully saturated rings. The largest absolute Gasteiger partial charge is 0.508 e. The highest BCUT2D eigenvalue weighted by Crippen LogP contribution is 1.81. The molecule has 0 aromatic heterocycles. The monoisotopic (exact) mass is 320 g/mol. The van der Waals surface area contributed by atoms with Crippen LogP contribution in [-0.4, -0.2) is 42.8 Å². The second-order valence-electron chi connectivity index (χ2n) is 1.56. The molecule has 0 saturated carbocycles. The van der Waals surface area contributed by atoms with Gasteiger partial charge in [-0.2, -0.15) is 0 Å². The molecule has 5 heteroatoms. The lowest BCUT2D eigenvalue weighted by molar-refractivity contribution is 0.0630. The predicted octanol–water partition coefficient (Wildman–Crippen LogP) is 4.16. The van der Waals surface area contributed by atoms with Gasteiger partial charge in [-0.3, -0.25) is 0 Å². The average molecular weight is 320 g/mol. The van der Waals surface area contributed by atoms with E-state index in [0.717, 1.165) is 0 Å². The number of rotatable bonds is 3. The van der Waals surface area contributed by atoms with Crippen LogP contribution in [0.3, 0.4) is 0 Å². The molecule has 0 heterocycles. The minimum atomic E-state index is -0.588. The summed E-state index contributed by atoms with van der Waals surface area (Å²) in [6, 6.07) is 0. The van der Waals surface area contributed by atoms with E-state index >= 15 is 0 Å². The Morgan fingerprint density at radius 1 is 0.682 bits per heavy atom. The summed E-state index contributed by atoms with van der Waals surface area (Å²) in [5.41, 5.74) is 0. The smallest absolute Gasteiger partial charge is 0.435 e. The zero-order valence-electron chi connectivity index (χ0n) is 14.5. The second kappa shape index (κ2) is 127. The van der Waals surface area contributed by atoms with Crippen LogP contribution in [0.5, 0.6) is 0 Å². The first kappa shape index (κ1) is 42.7. The molecule has 0 aliphatic carbocycles. The fourth-order valence-electron chi connectivity index (χ4n) is 0.277. The maximum Gasteiger partial charge on any atom is 0.508 e. The minimum Gasteiger partial charge on any atom is -0.435 e. The third-order valence-electron chi connectivity index (χ3n) is 0.624. The molecule has 0 unspecified atom stereocenters. The van der Waals surface area contributed by atoms with Crippen LogP contribution in [0.2, 0.25) is 0 Å². The molecule has 0 amide bonds. The molecule has 0 spiro atoms. The van der Waals surface area contributed by atoms with Gasteiger partial charge in [-0.25, -0.2) is 4.79 Å². The van der Waals surface area contributed by atoms with Crippen LogP contribution < -0.4 is 0 Å². The Balaban J connectivity index is -0.0000000275. The van der Waals surface area contributed by atoms with Crippen molar-refractivity contribution in [3.8, 4) is 0 Å². The topological polar surface area (TPSA) is 76.0 Å². The molecule has 0 aliphatic rings. The van der Waals surface area contributed by atoms with Gasteiger partial charge in [0.05, 0.1) is 26.4 Å². The van der Waals surface area contributed by atoms with Crippen molar-refractivity contribution < 1.29 is 24.5 Å². The number of aliphatic hydroxyl groups excluding tert-OH is 2. The van der Waals surface area contributed by atoms with Crippen LogP contribution in [-0.2, 0) is 9.47 Å². The molecule has 134 valence electrons. The third-order valence-corrected chi connectivity index (χ3v) is 0.624. The summed E-state index contributed by atoms with van der Waals surface area (Å²) in [5.74, 6) is 0. The van der Waals surface area contributed by atoms with E-state index in [1.165, 1.54) is 0 Å². The minimum absolute atomic E-state index is 0.125. The zero-order valence-corrected chi connectivity index (χ0v) is 14.5. The lowest BCUT2D eigenvalue weighted by Gasteiger charge is -1.98. The molecule has 0 aromatic carbocycles. The molecular formula is C17H36O5. The van der Waals surface area contributed by atoms with Crippen LogP contribution in [0.4, 0.5) is 4.79 Å². The van der Waals surface area contributed by atoms with Crippen molar-refractivity contribution in [2.24, 2.45) is 0 Å².